The monoisotopic (exact) mass is 1410 g/mol. The van der Waals surface area contributed by atoms with Gasteiger partial charge in [-0.25, -0.2) is 4.79 Å². The standard InChI is InChI=1S/C55H86N14O29/c1-5-23(4)43(55(97)98)69-48(90)28(10-15-40(80)81)61-51(93)31(18-41(82)83)65-47(89)27(9-14-39(78)79)60-45(87)25(7-12-37(74)75)59-46(88)26(8-13-38(76)77)62-53(95)33(20-70)68-54(96)34(21-71)67-52(94)32(19-42(84)85)66-50(92)30(17-36(58)73)64-49(91)29(16-22(2)3)63-44(86)24(56)6-11-35(57)72/h22-34,43,70-71H,5-21,56H2,1-4H3,(H2,57,72)(H2,58,73)(H,59,88)(H,60,87)(H,61,93)(H,62,95)(H,63,86)(H,64,91)(H,65,89)(H,66,92)(H,67,94)(H,68,96)(H,69,90)(H,74,75)(H,76,77)(H,78,79)(H,80,81)(H,82,83)(H,84,85)(H,97,98)/t23-,24-,25-,26-,27-,28-,29-,30-,31-,32-,33-,34-,43-/m0/s1. The number of hydrogen-bond acceptors (Lipinski definition) is 23. The number of carbonyl (C=O) groups is 20. The van der Waals surface area contributed by atoms with Gasteiger partial charge in [0.1, 0.15) is 66.5 Å². The molecular weight excluding hydrogens is 1320 g/mol. The van der Waals surface area contributed by atoms with Gasteiger partial charge in [0.15, 0.2) is 0 Å². The number of nitrogens with two attached hydrogens (primary N) is 3. The summed E-state index contributed by atoms with van der Waals surface area (Å²) in [6.07, 6.45) is -11.4. The Morgan fingerprint density at radius 2 is 0.582 bits per heavy atom. The molecule has 0 spiro atoms. The second-order valence-corrected chi connectivity index (χ2v) is 22.5. The van der Waals surface area contributed by atoms with E-state index < -0.39 is 281 Å². The van der Waals surface area contributed by atoms with Gasteiger partial charge >= 0.3 is 41.8 Å². The number of aliphatic hydroxyl groups is 2. The summed E-state index contributed by atoms with van der Waals surface area (Å²) in [5.41, 5.74) is 16.2. The minimum absolute atomic E-state index is 0.116. The van der Waals surface area contributed by atoms with E-state index >= 15 is 0 Å². The van der Waals surface area contributed by atoms with Crippen molar-refractivity contribution in [2.24, 2.45) is 29.0 Å². The van der Waals surface area contributed by atoms with Crippen LogP contribution < -0.4 is 75.7 Å². The topological polar surface area (TPSA) is 734 Å². The molecule has 0 aliphatic heterocycles. The lowest BCUT2D eigenvalue weighted by molar-refractivity contribution is -0.145. The third-order valence-corrected chi connectivity index (χ3v) is 14.0. The van der Waals surface area contributed by atoms with E-state index in [0.717, 1.165) is 0 Å². The number of primary amides is 2. The Hall–Kier alpha value is -10.7. The lowest BCUT2D eigenvalue weighted by Crippen LogP contribution is -2.62. The van der Waals surface area contributed by atoms with E-state index in [1.54, 1.807) is 20.8 Å². The number of nitrogens with one attached hydrogen (secondary N) is 11. The van der Waals surface area contributed by atoms with E-state index in [0.29, 0.717) is 0 Å². The SMILES string of the molecule is CC[C@H](C)[C@H](NC(=O)[C@H](CCC(=O)O)NC(=O)[C@H](CC(=O)O)NC(=O)[C@H](CCC(=O)O)NC(=O)[C@H](CCC(=O)O)NC(=O)[C@H](CCC(=O)O)NC(=O)[C@H](CO)NC(=O)[C@H](CO)NC(=O)[C@H](CC(=O)O)NC(=O)[C@H](CC(N)=O)NC(=O)[C@H](CC(C)C)NC(=O)[C@@H](N)CCC(N)=O)C(=O)O. The van der Waals surface area contributed by atoms with E-state index in [4.69, 9.17) is 17.2 Å². The van der Waals surface area contributed by atoms with E-state index in [9.17, 15) is 142 Å². The van der Waals surface area contributed by atoms with Crippen molar-refractivity contribution < 1.29 is 142 Å². The van der Waals surface area contributed by atoms with Gasteiger partial charge in [0.2, 0.25) is 76.8 Å². The van der Waals surface area contributed by atoms with E-state index in [-0.39, 0.29) is 31.6 Å². The molecule has 0 aromatic rings. The molecule has 0 aromatic carbocycles. The van der Waals surface area contributed by atoms with Crippen LogP contribution in [0.25, 0.3) is 0 Å². The van der Waals surface area contributed by atoms with E-state index in [1.807, 2.05) is 42.5 Å². The maximum atomic E-state index is 14.0. The molecule has 0 heterocycles. The van der Waals surface area contributed by atoms with Crippen LogP contribution in [-0.2, 0) is 95.9 Å². The van der Waals surface area contributed by atoms with Gasteiger partial charge in [-0.3, -0.25) is 91.1 Å². The number of rotatable bonds is 50. The zero-order chi connectivity index (χ0) is 75.4. The number of carboxylic acids is 7. The predicted octanol–water partition coefficient (Wildman–Crippen LogP) is -9.64. The first-order valence-corrected chi connectivity index (χ1v) is 30.0. The average Bonchev–Trinajstić information content (AvgIpc) is 0.871. The molecule has 0 fully saturated rings. The van der Waals surface area contributed by atoms with Crippen LogP contribution in [0.3, 0.4) is 0 Å². The van der Waals surface area contributed by atoms with Crippen LogP contribution in [0.4, 0.5) is 0 Å². The summed E-state index contributed by atoms with van der Waals surface area (Å²) in [6, 6.07) is -23.7. The van der Waals surface area contributed by atoms with Crippen molar-refractivity contribution >= 4 is 119 Å². The first-order chi connectivity index (χ1) is 45.6. The molecule has 0 aromatic heterocycles. The van der Waals surface area contributed by atoms with Crippen molar-refractivity contribution in [3.63, 3.8) is 0 Å². The van der Waals surface area contributed by atoms with Crippen molar-refractivity contribution in [3.05, 3.63) is 0 Å². The first kappa shape index (κ1) is 87.3. The smallest absolute Gasteiger partial charge is 0.326 e. The fraction of sp³-hybridized carbons (Fsp3) is 0.636. The highest BCUT2D eigenvalue weighted by Crippen LogP contribution is 2.13. The van der Waals surface area contributed by atoms with Crippen molar-refractivity contribution in [3.8, 4) is 0 Å². The van der Waals surface area contributed by atoms with Crippen molar-refractivity contribution in [2.45, 2.75) is 197 Å². The maximum absolute atomic E-state index is 14.0. The fourth-order valence-electron chi connectivity index (χ4n) is 8.51. The molecule has 0 bridgehead atoms. The molecule has 26 N–H and O–H groups in total. The van der Waals surface area contributed by atoms with E-state index in [1.165, 1.54) is 6.92 Å². The molecule has 0 rings (SSSR count). The molecule has 0 aliphatic rings. The second kappa shape index (κ2) is 44.1. The Morgan fingerprint density at radius 1 is 0.316 bits per heavy atom. The van der Waals surface area contributed by atoms with Gasteiger partial charge in [0, 0.05) is 32.1 Å². The molecule has 0 saturated carbocycles. The summed E-state index contributed by atoms with van der Waals surface area (Å²) < 4.78 is 0. The molecule has 550 valence electrons. The van der Waals surface area contributed by atoms with Crippen molar-refractivity contribution in [1.82, 2.24) is 58.5 Å². The van der Waals surface area contributed by atoms with Gasteiger partial charge in [-0.15, -0.1) is 0 Å². The normalized spacial score (nSPS) is 14.9. The Bertz CT molecular complexity index is 2930. The van der Waals surface area contributed by atoms with Gasteiger partial charge in [-0.1, -0.05) is 34.1 Å². The molecular formula is C55H86N14O29. The zero-order valence-electron chi connectivity index (χ0n) is 53.5. The van der Waals surface area contributed by atoms with Crippen LogP contribution >= 0.6 is 0 Å². The quantitative estimate of drug-likeness (QED) is 0.0269. The lowest BCUT2D eigenvalue weighted by atomic mass is 9.98. The van der Waals surface area contributed by atoms with Gasteiger partial charge in [-0.2, -0.15) is 0 Å². The number of hydrogen-bond donors (Lipinski definition) is 23. The van der Waals surface area contributed by atoms with Crippen molar-refractivity contribution in [1.29, 1.82) is 0 Å². The number of carboxylic acid groups (broad SMARTS) is 7. The minimum Gasteiger partial charge on any atom is -0.481 e. The largest absolute Gasteiger partial charge is 0.481 e. The number of aliphatic hydroxyl groups excluding tert-OH is 2. The van der Waals surface area contributed by atoms with Gasteiger partial charge < -0.3 is 122 Å². The number of carbonyl (C=O) groups excluding carboxylic acids is 13. The molecule has 43 nitrogen and oxygen atoms in total. The van der Waals surface area contributed by atoms with Gasteiger partial charge in [0.05, 0.1) is 38.5 Å². The molecule has 0 aliphatic carbocycles. The number of aliphatic carboxylic acids is 7. The van der Waals surface area contributed by atoms with Crippen LogP contribution in [-0.4, -0.2) is 250 Å². The average molecular weight is 1410 g/mol. The first-order valence-electron chi connectivity index (χ1n) is 30.0. The molecule has 98 heavy (non-hydrogen) atoms. The third-order valence-electron chi connectivity index (χ3n) is 14.0. The molecule has 0 radical (unpaired) electrons. The Labute approximate surface area is 556 Å². The van der Waals surface area contributed by atoms with Crippen LogP contribution in [0.5, 0.6) is 0 Å². The van der Waals surface area contributed by atoms with Crippen molar-refractivity contribution in [2.75, 3.05) is 13.2 Å². The zero-order valence-corrected chi connectivity index (χ0v) is 53.5. The van der Waals surface area contributed by atoms with Gasteiger partial charge in [0.25, 0.3) is 0 Å². The summed E-state index contributed by atoms with van der Waals surface area (Å²) in [5.74, 6) is -30.3. The Morgan fingerprint density at radius 3 is 0.847 bits per heavy atom. The summed E-state index contributed by atoms with van der Waals surface area (Å²) in [4.78, 5) is 255. The molecule has 43 heteroatoms. The maximum Gasteiger partial charge on any atom is 0.326 e. The van der Waals surface area contributed by atoms with Crippen LogP contribution in [0.2, 0.25) is 0 Å². The molecule has 13 atom stereocenters. The summed E-state index contributed by atoms with van der Waals surface area (Å²) >= 11 is 0. The summed E-state index contributed by atoms with van der Waals surface area (Å²) in [6.45, 7) is 3.44. The van der Waals surface area contributed by atoms with Gasteiger partial charge in [-0.05, 0) is 50.4 Å². The van der Waals surface area contributed by atoms with Crippen LogP contribution in [0, 0.1) is 11.8 Å². The fourth-order valence-corrected chi connectivity index (χ4v) is 8.51. The predicted molar refractivity (Wildman–Crippen MR) is 324 cm³/mol. The lowest BCUT2D eigenvalue weighted by Gasteiger charge is -2.28. The minimum atomic E-state index is -2.25. The Balaban J connectivity index is 6.93. The summed E-state index contributed by atoms with van der Waals surface area (Å²) in [7, 11) is 0. The third kappa shape index (κ3) is 34.6. The number of amides is 13. The Kier molecular flexibility index (Phi) is 39.3. The highest BCUT2D eigenvalue weighted by molar-refractivity contribution is 6.01. The summed E-state index contributed by atoms with van der Waals surface area (Å²) in [5, 5.41) is 110. The van der Waals surface area contributed by atoms with Crippen LogP contribution in [0.1, 0.15) is 124 Å². The van der Waals surface area contributed by atoms with E-state index in [2.05, 4.69) is 16.0 Å². The highest BCUT2D eigenvalue weighted by Gasteiger charge is 2.39. The highest BCUT2D eigenvalue weighted by atomic mass is 16.4. The molecule has 0 saturated heterocycles. The molecule has 13 amide bonds. The second-order valence-electron chi connectivity index (χ2n) is 22.5. The van der Waals surface area contributed by atoms with Crippen LogP contribution in [0.15, 0.2) is 0 Å². The molecule has 0 unspecified atom stereocenters.